The van der Waals surface area contributed by atoms with Gasteiger partial charge in [0.1, 0.15) is 6.61 Å². The molecule has 0 rings (SSSR count). The summed E-state index contributed by atoms with van der Waals surface area (Å²) >= 11 is 0. The molecule has 2 unspecified atom stereocenters. The number of esters is 2. The Kier molecular flexibility index (Phi) is 18.3. The molecule has 0 aromatic rings. The summed E-state index contributed by atoms with van der Waals surface area (Å²) in [7, 11) is 5.45. The molecule has 0 heterocycles. The van der Waals surface area contributed by atoms with Crippen molar-refractivity contribution in [2.24, 2.45) is 0 Å². The van der Waals surface area contributed by atoms with Crippen LogP contribution in [-0.4, -0.2) is 80.6 Å². The lowest BCUT2D eigenvalue weighted by molar-refractivity contribution is -0.887. The molecule has 0 aliphatic rings. The van der Waals surface area contributed by atoms with Crippen LogP contribution in [0.4, 0.5) is 0 Å². The molecule has 0 aliphatic heterocycles. The van der Waals surface area contributed by atoms with E-state index in [4.69, 9.17) is 14.2 Å². The van der Waals surface area contributed by atoms with E-state index in [1.165, 1.54) is 12.8 Å². The molecule has 0 amide bonds. The van der Waals surface area contributed by atoms with E-state index >= 15 is 0 Å². The highest BCUT2D eigenvalue weighted by Crippen LogP contribution is 2.11. The second-order valence-electron chi connectivity index (χ2n) is 9.55. The molecule has 2 atom stereocenters. The van der Waals surface area contributed by atoms with Crippen molar-refractivity contribution in [3.8, 4) is 0 Å². The molecular weight excluding hydrogens is 438 g/mol. The number of carbonyl (C=O) groups is 3. The third-order valence-electron chi connectivity index (χ3n) is 5.45. The number of nitrogens with zero attached hydrogens (tertiary/aromatic N) is 1. The topological polar surface area (TPSA) is 99.1 Å². The molecule has 198 valence electrons. The van der Waals surface area contributed by atoms with Gasteiger partial charge in [0.15, 0.2) is 12.1 Å². The Bertz CT molecular complexity index is 598. The minimum Gasteiger partial charge on any atom is -0.477 e. The number of hydrogen-bond donors (Lipinski definition) is 1. The summed E-state index contributed by atoms with van der Waals surface area (Å²) in [5, 5.41) is 9.40. The smallest absolute Gasteiger partial charge is 0.362 e. The van der Waals surface area contributed by atoms with Crippen LogP contribution in [0.15, 0.2) is 12.2 Å². The average molecular weight is 487 g/mol. The molecule has 0 spiro atoms. The summed E-state index contributed by atoms with van der Waals surface area (Å²) in [6.45, 7) is 4.06. The van der Waals surface area contributed by atoms with Crippen molar-refractivity contribution in [2.75, 3.05) is 41.0 Å². The second-order valence-corrected chi connectivity index (χ2v) is 9.55. The fraction of sp³-hybridized carbons (Fsp3) is 0.808. The Balaban J connectivity index is 4.31. The van der Waals surface area contributed by atoms with E-state index in [1.807, 2.05) is 21.1 Å². The number of hydrogen-bond acceptors (Lipinski definition) is 6. The summed E-state index contributed by atoms with van der Waals surface area (Å²) in [4.78, 5) is 35.2. The summed E-state index contributed by atoms with van der Waals surface area (Å²) in [6.07, 6.45) is 13.2. The molecule has 8 heteroatoms. The van der Waals surface area contributed by atoms with Crippen LogP contribution in [0.1, 0.15) is 84.5 Å². The highest BCUT2D eigenvalue weighted by Gasteiger charge is 2.31. The number of unbranched alkanes of at least 4 members (excludes halogenated alkanes) is 6. The second kappa shape index (κ2) is 19.4. The van der Waals surface area contributed by atoms with Crippen molar-refractivity contribution < 1.29 is 38.2 Å². The number of carbonyl (C=O) groups excluding carboxylic acids is 2. The molecule has 0 saturated carbocycles. The van der Waals surface area contributed by atoms with Gasteiger partial charge >= 0.3 is 17.9 Å². The number of ether oxygens (including phenoxy) is 3. The number of aliphatic carboxylic acids is 1. The molecule has 0 radical (unpaired) electrons. The van der Waals surface area contributed by atoms with Gasteiger partial charge in [0.05, 0.1) is 34.4 Å². The van der Waals surface area contributed by atoms with E-state index in [0.717, 1.165) is 38.5 Å². The summed E-state index contributed by atoms with van der Waals surface area (Å²) in [6, 6.07) is -0.605. The van der Waals surface area contributed by atoms with E-state index < -0.39 is 18.1 Å². The molecule has 34 heavy (non-hydrogen) atoms. The van der Waals surface area contributed by atoms with Crippen LogP contribution in [0.5, 0.6) is 0 Å². The molecule has 1 N–H and O–H groups in total. The Morgan fingerprint density at radius 2 is 1.53 bits per heavy atom. The Hall–Kier alpha value is -1.93. The van der Waals surface area contributed by atoms with Gasteiger partial charge in [-0.15, -0.1) is 0 Å². The van der Waals surface area contributed by atoms with Crippen LogP contribution in [0.2, 0.25) is 0 Å². The van der Waals surface area contributed by atoms with Gasteiger partial charge in [-0.3, -0.25) is 9.59 Å². The SMILES string of the molecule is CCC/C=C\CCCCCCCC(=O)OC(COCCC(C(=O)O)[N+](C)(C)C)COC(=O)CC. The fourth-order valence-corrected chi connectivity index (χ4v) is 3.36. The van der Waals surface area contributed by atoms with Gasteiger partial charge in [-0.2, -0.15) is 0 Å². The van der Waals surface area contributed by atoms with E-state index in [0.29, 0.717) is 12.8 Å². The zero-order chi connectivity index (χ0) is 25.8. The van der Waals surface area contributed by atoms with Gasteiger partial charge in [-0.1, -0.05) is 51.7 Å². The monoisotopic (exact) mass is 486 g/mol. The van der Waals surface area contributed by atoms with Crippen molar-refractivity contribution in [3.05, 3.63) is 12.2 Å². The third kappa shape index (κ3) is 17.5. The summed E-state index contributed by atoms with van der Waals surface area (Å²) in [5.41, 5.74) is 0. The van der Waals surface area contributed by atoms with Crippen LogP contribution in [0, 0.1) is 0 Å². The van der Waals surface area contributed by atoms with Gasteiger partial charge in [-0.05, 0) is 25.7 Å². The van der Waals surface area contributed by atoms with E-state index in [-0.39, 0.29) is 42.7 Å². The highest BCUT2D eigenvalue weighted by molar-refractivity contribution is 5.72. The molecule has 0 bridgehead atoms. The number of likely N-dealkylation sites (N-methyl/N-ethyl adjacent to an activating group) is 1. The van der Waals surface area contributed by atoms with Crippen molar-refractivity contribution in [1.82, 2.24) is 0 Å². The van der Waals surface area contributed by atoms with Crippen molar-refractivity contribution in [3.63, 3.8) is 0 Å². The molecule has 0 aliphatic carbocycles. The first-order valence-corrected chi connectivity index (χ1v) is 12.7. The van der Waals surface area contributed by atoms with Gasteiger partial charge in [0, 0.05) is 19.3 Å². The summed E-state index contributed by atoms with van der Waals surface area (Å²) in [5.74, 6) is -1.59. The molecule has 0 fully saturated rings. The third-order valence-corrected chi connectivity index (χ3v) is 5.45. The van der Waals surface area contributed by atoms with Crippen LogP contribution < -0.4 is 0 Å². The lowest BCUT2D eigenvalue weighted by atomic mass is 10.1. The van der Waals surface area contributed by atoms with Gasteiger partial charge in [0.2, 0.25) is 0 Å². The molecule has 0 aromatic carbocycles. The molecule has 8 nitrogen and oxygen atoms in total. The maximum Gasteiger partial charge on any atom is 0.362 e. The average Bonchev–Trinajstić information content (AvgIpc) is 2.76. The Labute approximate surface area is 206 Å². The number of allylic oxidation sites excluding steroid dienone is 2. The lowest BCUT2D eigenvalue weighted by Gasteiger charge is -2.31. The van der Waals surface area contributed by atoms with Crippen molar-refractivity contribution in [2.45, 2.75) is 96.6 Å². The lowest BCUT2D eigenvalue weighted by Crippen LogP contribution is -2.50. The predicted molar refractivity (Wildman–Crippen MR) is 132 cm³/mol. The zero-order valence-electron chi connectivity index (χ0n) is 22.1. The van der Waals surface area contributed by atoms with E-state index in [1.54, 1.807) is 6.92 Å². The number of rotatable bonds is 21. The quantitative estimate of drug-likeness (QED) is 0.110. The van der Waals surface area contributed by atoms with Crippen molar-refractivity contribution in [1.29, 1.82) is 0 Å². The maximum atomic E-state index is 12.3. The first-order chi connectivity index (χ1) is 16.1. The predicted octanol–water partition coefficient (Wildman–Crippen LogP) is 4.50. The Morgan fingerprint density at radius 1 is 0.882 bits per heavy atom. The largest absolute Gasteiger partial charge is 0.477 e. The molecular formula is C26H48NO7+. The minimum atomic E-state index is -0.885. The molecule has 0 aromatic heterocycles. The Morgan fingerprint density at radius 3 is 2.15 bits per heavy atom. The number of quaternary nitrogens is 1. The minimum absolute atomic E-state index is 0.0533. The van der Waals surface area contributed by atoms with E-state index in [9.17, 15) is 19.5 Å². The first-order valence-electron chi connectivity index (χ1n) is 12.7. The number of carboxylic acids is 1. The normalized spacial score (nSPS) is 13.6. The van der Waals surface area contributed by atoms with E-state index in [2.05, 4.69) is 19.1 Å². The van der Waals surface area contributed by atoms with Gasteiger partial charge in [-0.25, -0.2) is 4.79 Å². The van der Waals surface area contributed by atoms with Crippen LogP contribution in [-0.2, 0) is 28.6 Å². The summed E-state index contributed by atoms with van der Waals surface area (Å²) < 4.78 is 16.5. The van der Waals surface area contributed by atoms with Gasteiger partial charge < -0.3 is 23.8 Å². The zero-order valence-corrected chi connectivity index (χ0v) is 22.1. The maximum absolute atomic E-state index is 12.3. The van der Waals surface area contributed by atoms with Crippen LogP contribution >= 0.6 is 0 Å². The first kappa shape index (κ1) is 32.1. The van der Waals surface area contributed by atoms with Crippen molar-refractivity contribution >= 4 is 17.9 Å². The van der Waals surface area contributed by atoms with Gasteiger partial charge in [0.25, 0.3) is 0 Å². The standard InChI is InChI=1S/C26H47NO7/c1-6-8-9-10-11-12-13-14-15-16-17-25(29)34-22(21-33-24(28)7-2)20-32-19-18-23(26(30)31)27(3,4)5/h9-10,22-23H,6-8,11-21H2,1-5H3/p+1/b10-9-. The van der Waals surface area contributed by atoms with Crippen LogP contribution in [0.25, 0.3) is 0 Å². The molecule has 0 saturated heterocycles. The fourth-order valence-electron chi connectivity index (χ4n) is 3.36. The number of carboxylic acid groups (broad SMARTS) is 1. The van der Waals surface area contributed by atoms with Crippen LogP contribution in [0.3, 0.4) is 0 Å². The highest BCUT2D eigenvalue weighted by atomic mass is 16.6.